The van der Waals surface area contributed by atoms with E-state index in [1.54, 1.807) is 0 Å². The minimum Gasteiger partial charge on any atom is -0.481 e. The van der Waals surface area contributed by atoms with Crippen LogP contribution in [0.5, 0.6) is 0 Å². The number of carboxylic acid groups (broad SMARTS) is 2. The third kappa shape index (κ3) is 31.8. The summed E-state index contributed by atoms with van der Waals surface area (Å²) >= 11 is 0. The molecule has 0 rings (SSSR count). The monoisotopic (exact) mass is 267 g/mol. The second-order valence-corrected chi connectivity index (χ2v) is 2.99. The van der Waals surface area contributed by atoms with Crippen LogP contribution in [0, 0.1) is 0 Å². The van der Waals surface area contributed by atoms with Crippen molar-refractivity contribution in [3.63, 3.8) is 0 Å². The third-order valence-electron chi connectivity index (χ3n) is 1.49. The summed E-state index contributed by atoms with van der Waals surface area (Å²) in [5.41, 5.74) is 0. The molecule has 0 bridgehead atoms. The second kappa shape index (κ2) is 15.9. The van der Waals surface area contributed by atoms with E-state index in [-0.39, 0.29) is 17.1 Å². The maximum absolute atomic E-state index is 9.76. The first-order chi connectivity index (χ1) is 6.54. The Bertz CT molecular complexity index is 142. The predicted octanol–water partition coefficient (Wildman–Crippen LogP) is 2.52. The molecule has 0 amide bonds. The molecule has 95 valence electrons. The van der Waals surface area contributed by atoms with Gasteiger partial charge >= 0.3 is 11.9 Å². The molecule has 0 aliphatic carbocycles. The fraction of sp³-hybridized carbons (Fsp3) is 0.800. The molecule has 0 aliphatic heterocycles. The smallest absolute Gasteiger partial charge is 0.303 e. The molecule has 0 spiro atoms. The van der Waals surface area contributed by atoms with Crippen LogP contribution in [-0.2, 0) is 26.7 Å². The molecule has 0 aromatic heterocycles. The number of unbranched alkanes of at least 4 members (excludes halogenated alkanes) is 2. The first kappa shape index (κ1) is 19.9. The van der Waals surface area contributed by atoms with Crippen molar-refractivity contribution in [2.24, 2.45) is 0 Å². The van der Waals surface area contributed by atoms with Crippen molar-refractivity contribution in [2.45, 2.75) is 52.4 Å². The maximum atomic E-state index is 9.76. The topological polar surface area (TPSA) is 74.6 Å². The van der Waals surface area contributed by atoms with Gasteiger partial charge in [0, 0.05) is 29.9 Å². The minimum atomic E-state index is -0.693. The van der Waals surface area contributed by atoms with Crippen molar-refractivity contribution >= 4 is 11.9 Å². The predicted molar refractivity (Wildman–Crippen MR) is 54.3 cm³/mol. The van der Waals surface area contributed by atoms with E-state index >= 15 is 0 Å². The summed E-state index contributed by atoms with van der Waals surface area (Å²) in [6, 6.07) is 0. The van der Waals surface area contributed by atoms with Gasteiger partial charge in [0.1, 0.15) is 0 Å². The summed E-state index contributed by atoms with van der Waals surface area (Å²) in [5.74, 6) is -1.39. The van der Waals surface area contributed by atoms with E-state index in [9.17, 15) is 9.59 Å². The summed E-state index contributed by atoms with van der Waals surface area (Å²) in [5, 5.41) is 16.1. The molecule has 0 saturated heterocycles. The zero-order valence-electron chi connectivity index (χ0n) is 9.26. The molecule has 1 radical (unpaired) electrons. The third-order valence-corrected chi connectivity index (χ3v) is 1.49. The molecule has 0 aromatic carbocycles. The van der Waals surface area contributed by atoms with Crippen LogP contribution in [0.4, 0.5) is 0 Å². The Balaban J connectivity index is -0.000000180. The van der Waals surface area contributed by atoms with E-state index in [1.165, 1.54) is 0 Å². The average Bonchev–Trinajstić information content (AvgIpc) is 2.12. The van der Waals surface area contributed by atoms with Crippen molar-refractivity contribution in [3.05, 3.63) is 0 Å². The summed E-state index contributed by atoms with van der Waals surface area (Å²) in [6.45, 7) is 3.95. The number of carboxylic acids is 2. The normalized spacial score (nSPS) is 8.13. The Morgan fingerprint density at radius 3 is 1.20 bits per heavy atom. The molecule has 0 heterocycles. The van der Waals surface area contributed by atoms with Gasteiger partial charge in [0.05, 0.1) is 0 Å². The molecule has 0 aliphatic rings. The molecule has 5 heteroatoms. The molecule has 0 atom stereocenters. The van der Waals surface area contributed by atoms with E-state index in [2.05, 4.69) is 0 Å². The van der Waals surface area contributed by atoms with Gasteiger partial charge in [0.2, 0.25) is 0 Å². The molecule has 0 fully saturated rings. The average molecular weight is 268 g/mol. The fourth-order valence-corrected chi connectivity index (χ4v) is 0.656. The first-order valence-corrected chi connectivity index (χ1v) is 4.98. The van der Waals surface area contributed by atoms with Gasteiger partial charge in [-0.2, -0.15) is 0 Å². The molecule has 0 unspecified atom stereocenters. The molecule has 0 saturated carbocycles. The van der Waals surface area contributed by atoms with Crippen molar-refractivity contribution < 1.29 is 36.9 Å². The number of aliphatic carboxylic acids is 2. The SMILES string of the molecule is CCCCC(=O)O.CCCCC(=O)O.[Cu]. The summed E-state index contributed by atoms with van der Waals surface area (Å²) in [4.78, 5) is 19.5. The Labute approximate surface area is 102 Å². The largest absolute Gasteiger partial charge is 0.481 e. The van der Waals surface area contributed by atoms with E-state index in [4.69, 9.17) is 10.2 Å². The van der Waals surface area contributed by atoms with Gasteiger partial charge in [-0.05, 0) is 12.8 Å². The van der Waals surface area contributed by atoms with E-state index in [1.807, 2.05) is 13.8 Å². The van der Waals surface area contributed by atoms with Crippen LogP contribution in [0.2, 0.25) is 0 Å². The molecule has 4 nitrogen and oxygen atoms in total. The van der Waals surface area contributed by atoms with Gasteiger partial charge in [-0.1, -0.05) is 26.7 Å². The summed E-state index contributed by atoms with van der Waals surface area (Å²) in [7, 11) is 0. The first-order valence-electron chi connectivity index (χ1n) is 4.98. The van der Waals surface area contributed by atoms with Gasteiger partial charge in [0.15, 0.2) is 0 Å². The van der Waals surface area contributed by atoms with Crippen molar-refractivity contribution in [1.29, 1.82) is 0 Å². The van der Waals surface area contributed by atoms with Gasteiger partial charge in [-0.15, -0.1) is 0 Å². The van der Waals surface area contributed by atoms with E-state index in [0.29, 0.717) is 12.8 Å². The van der Waals surface area contributed by atoms with Gasteiger partial charge in [-0.25, -0.2) is 0 Å². The zero-order valence-corrected chi connectivity index (χ0v) is 10.2. The Hall–Kier alpha value is -0.541. The quantitative estimate of drug-likeness (QED) is 0.725. The van der Waals surface area contributed by atoms with Crippen LogP contribution in [0.3, 0.4) is 0 Å². The second-order valence-electron chi connectivity index (χ2n) is 2.99. The number of rotatable bonds is 6. The summed E-state index contributed by atoms with van der Waals surface area (Å²) in [6.07, 6.45) is 4.16. The fourth-order valence-electron chi connectivity index (χ4n) is 0.656. The number of hydrogen-bond donors (Lipinski definition) is 2. The maximum Gasteiger partial charge on any atom is 0.303 e. The number of hydrogen-bond acceptors (Lipinski definition) is 2. The van der Waals surface area contributed by atoms with Crippen LogP contribution in [0.15, 0.2) is 0 Å². The van der Waals surface area contributed by atoms with E-state index < -0.39 is 11.9 Å². The van der Waals surface area contributed by atoms with E-state index in [0.717, 1.165) is 25.7 Å². The molecule has 15 heavy (non-hydrogen) atoms. The van der Waals surface area contributed by atoms with Gasteiger partial charge in [-0.3, -0.25) is 9.59 Å². The Morgan fingerprint density at radius 2 is 1.13 bits per heavy atom. The molecule has 2 N–H and O–H groups in total. The van der Waals surface area contributed by atoms with Crippen molar-refractivity contribution in [2.75, 3.05) is 0 Å². The molecular weight excluding hydrogens is 248 g/mol. The van der Waals surface area contributed by atoms with Crippen molar-refractivity contribution in [1.82, 2.24) is 0 Å². The number of carbonyl (C=O) groups is 2. The molecular formula is C10H20CuO4. The van der Waals surface area contributed by atoms with Crippen LogP contribution in [-0.4, -0.2) is 22.2 Å². The summed E-state index contributed by atoms with van der Waals surface area (Å²) < 4.78 is 0. The van der Waals surface area contributed by atoms with Crippen LogP contribution in [0.1, 0.15) is 52.4 Å². The van der Waals surface area contributed by atoms with Gasteiger partial charge < -0.3 is 10.2 Å². The molecule has 0 aromatic rings. The zero-order chi connectivity index (χ0) is 11.4. The Morgan fingerprint density at radius 1 is 0.867 bits per heavy atom. The van der Waals surface area contributed by atoms with Crippen molar-refractivity contribution in [3.8, 4) is 0 Å². The van der Waals surface area contributed by atoms with Crippen LogP contribution >= 0.6 is 0 Å². The van der Waals surface area contributed by atoms with Crippen LogP contribution in [0.25, 0.3) is 0 Å². The minimum absolute atomic E-state index is 0. The Kier molecular flexibility index (Phi) is 21.2. The van der Waals surface area contributed by atoms with Crippen LogP contribution < -0.4 is 0 Å². The van der Waals surface area contributed by atoms with Gasteiger partial charge in [0.25, 0.3) is 0 Å². The standard InChI is InChI=1S/2C5H10O2.Cu/c2*1-2-3-4-5(6)7;/h2*2-4H2,1H3,(H,6,7);.